The summed E-state index contributed by atoms with van der Waals surface area (Å²) in [7, 11) is 0. The van der Waals surface area contributed by atoms with Crippen molar-refractivity contribution in [1.29, 1.82) is 0 Å². The smallest absolute Gasteiger partial charge is 0.218 e. The second-order valence-electron chi connectivity index (χ2n) is 5.53. The van der Waals surface area contributed by atoms with Crippen molar-refractivity contribution in [2.24, 2.45) is 4.99 Å². The number of ether oxygens (including phenoxy) is 1. The highest BCUT2D eigenvalue weighted by Crippen LogP contribution is 2.06. The second-order valence-corrected chi connectivity index (χ2v) is 5.53. The number of nitrogens with zero attached hydrogens (tertiary/aromatic N) is 2. The van der Waals surface area contributed by atoms with Crippen molar-refractivity contribution in [3.8, 4) is 0 Å². The van der Waals surface area contributed by atoms with E-state index >= 15 is 0 Å². The van der Waals surface area contributed by atoms with E-state index in [1.807, 2.05) is 41.5 Å². The molecule has 2 aromatic rings. The maximum absolute atomic E-state index is 5.83. The Labute approximate surface area is 142 Å². The van der Waals surface area contributed by atoms with Crippen LogP contribution in [0.4, 0.5) is 0 Å². The van der Waals surface area contributed by atoms with Crippen molar-refractivity contribution in [2.45, 2.75) is 13.2 Å². The number of aliphatic imine (C=N–C) groups is 1. The van der Waals surface area contributed by atoms with E-state index in [9.17, 15) is 0 Å². The molecule has 5 nitrogen and oxygen atoms in total. The lowest BCUT2D eigenvalue weighted by Crippen LogP contribution is -2.39. The van der Waals surface area contributed by atoms with E-state index in [4.69, 9.17) is 9.57 Å². The maximum Gasteiger partial charge on any atom is 0.218 e. The van der Waals surface area contributed by atoms with Gasteiger partial charge in [-0.05, 0) is 11.1 Å². The fourth-order valence-electron chi connectivity index (χ4n) is 2.43. The minimum Gasteiger partial charge on any atom is -0.375 e. The van der Waals surface area contributed by atoms with Crippen molar-refractivity contribution in [2.75, 3.05) is 26.2 Å². The summed E-state index contributed by atoms with van der Waals surface area (Å²) in [4.78, 5) is 10.3. The van der Waals surface area contributed by atoms with Gasteiger partial charge >= 0.3 is 0 Å². The number of hydroxylamine groups is 2. The first-order valence-electron chi connectivity index (χ1n) is 8.26. The van der Waals surface area contributed by atoms with Crippen LogP contribution in [0.2, 0.25) is 0 Å². The third-order valence-electron chi connectivity index (χ3n) is 3.67. The number of benzene rings is 2. The van der Waals surface area contributed by atoms with Gasteiger partial charge in [0.25, 0.3) is 0 Å². The molecule has 24 heavy (non-hydrogen) atoms. The van der Waals surface area contributed by atoms with E-state index in [2.05, 4.69) is 34.6 Å². The molecule has 1 heterocycles. The summed E-state index contributed by atoms with van der Waals surface area (Å²) in [6, 6.07) is 20.3. The maximum atomic E-state index is 5.83. The van der Waals surface area contributed by atoms with Gasteiger partial charge in [-0.15, -0.1) is 0 Å². The molecule has 0 saturated heterocycles. The standard InChI is InChI=1S/C19H23N3O2/c1-3-7-17(8-4-1)15-23-14-12-21-19-20-11-13-22(19)24-16-18-9-5-2-6-10-18/h1-10H,11-16H2,(H,20,21). The molecule has 0 amide bonds. The van der Waals surface area contributed by atoms with Crippen molar-refractivity contribution in [1.82, 2.24) is 10.4 Å². The Bertz CT molecular complexity index is 632. The number of nitrogens with one attached hydrogen (secondary N) is 1. The normalized spacial score (nSPS) is 13.8. The lowest BCUT2D eigenvalue weighted by Gasteiger charge is -2.20. The van der Waals surface area contributed by atoms with Gasteiger partial charge in [0.1, 0.15) is 6.61 Å². The summed E-state index contributed by atoms with van der Waals surface area (Å²) < 4.78 is 5.67. The molecular formula is C19H23N3O2. The number of rotatable bonds is 8. The van der Waals surface area contributed by atoms with E-state index in [0.717, 1.165) is 24.6 Å². The molecule has 0 radical (unpaired) electrons. The lowest BCUT2D eigenvalue weighted by molar-refractivity contribution is -0.106. The molecule has 0 bridgehead atoms. The number of guanidine groups is 1. The molecule has 0 unspecified atom stereocenters. The molecule has 0 aromatic heterocycles. The third-order valence-corrected chi connectivity index (χ3v) is 3.67. The second kappa shape index (κ2) is 9.05. The quantitative estimate of drug-likeness (QED) is 0.758. The Morgan fingerprint density at radius 3 is 2.29 bits per heavy atom. The molecule has 3 rings (SSSR count). The summed E-state index contributed by atoms with van der Waals surface area (Å²) in [5.74, 6) is 0.786. The summed E-state index contributed by atoms with van der Waals surface area (Å²) in [5, 5.41) is 5.10. The third kappa shape index (κ3) is 5.08. The fraction of sp³-hybridized carbons (Fsp3) is 0.316. The first kappa shape index (κ1) is 16.5. The van der Waals surface area contributed by atoms with E-state index in [1.165, 1.54) is 5.56 Å². The van der Waals surface area contributed by atoms with Gasteiger partial charge in [0.05, 0.1) is 26.3 Å². The van der Waals surface area contributed by atoms with Crippen LogP contribution in [0.1, 0.15) is 11.1 Å². The Morgan fingerprint density at radius 2 is 1.58 bits per heavy atom. The van der Waals surface area contributed by atoms with E-state index in [-0.39, 0.29) is 0 Å². The molecule has 126 valence electrons. The molecule has 0 spiro atoms. The van der Waals surface area contributed by atoms with Crippen molar-refractivity contribution >= 4 is 5.96 Å². The van der Waals surface area contributed by atoms with E-state index in [1.54, 1.807) is 0 Å². The highest BCUT2D eigenvalue weighted by molar-refractivity contribution is 5.80. The fourth-order valence-corrected chi connectivity index (χ4v) is 2.43. The average Bonchev–Trinajstić information content (AvgIpc) is 3.09. The Morgan fingerprint density at radius 1 is 0.917 bits per heavy atom. The summed E-state index contributed by atoms with van der Waals surface area (Å²) in [6.45, 7) is 4.04. The molecule has 1 aliphatic heterocycles. The topological polar surface area (TPSA) is 46.1 Å². The van der Waals surface area contributed by atoms with Gasteiger partial charge in [0.2, 0.25) is 5.96 Å². The lowest BCUT2D eigenvalue weighted by atomic mass is 10.2. The minimum absolute atomic E-state index is 0.548. The van der Waals surface area contributed by atoms with Gasteiger partial charge in [-0.25, -0.2) is 10.1 Å². The van der Waals surface area contributed by atoms with Gasteiger partial charge in [-0.3, -0.25) is 4.84 Å². The first-order chi connectivity index (χ1) is 11.9. The summed E-state index contributed by atoms with van der Waals surface area (Å²) in [6.07, 6.45) is 0. The zero-order chi connectivity index (χ0) is 16.5. The molecule has 2 aromatic carbocycles. The Kier molecular flexibility index (Phi) is 6.22. The molecule has 0 fully saturated rings. The van der Waals surface area contributed by atoms with Crippen LogP contribution in [0.25, 0.3) is 0 Å². The largest absolute Gasteiger partial charge is 0.375 e. The van der Waals surface area contributed by atoms with Gasteiger partial charge in [0.15, 0.2) is 0 Å². The van der Waals surface area contributed by atoms with Crippen molar-refractivity contribution in [3.63, 3.8) is 0 Å². The van der Waals surface area contributed by atoms with Gasteiger partial charge in [0, 0.05) is 6.54 Å². The predicted octanol–water partition coefficient (Wildman–Crippen LogP) is 2.60. The van der Waals surface area contributed by atoms with Crippen LogP contribution in [0.3, 0.4) is 0 Å². The van der Waals surface area contributed by atoms with Crippen LogP contribution in [0.15, 0.2) is 65.7 Å². The number of hydrogen-bond acceptors (Lipinski definition) is 5. The molecule has 0 aliphatic carbocycles. The van der Waals surface area contributed by atoms with Gasteiger partial charge in [-0.1, -0.05) is 60.7 Å². The monoisotopic (exact) mass is 325 g/mol. The van der Waals surface area contributed by atoms with Crippen LogP contribution in [-0.2, 0) is 22.8 Å². The molecule has 0 saturated carbocycles. The van der Waals surface area contributed by atoms with Crippen LogP contribution < -0.4 is 5.32 Å². The van der Waals surface area contributed by atoms with Crippen LogP contribution >= 0.6 is 0 Å². The minimum atomic E-state index is 0.548. The molecule has 1 N–H and O–H groups in total. The SMILES string of the molecule is c1ccc(COCCNC2=NCCN2OCc2ccccc2)cc1. The van der Waals surface area contributed by atoms with Crippen LogP contribution in [-0.4, -0.2) is 37.3 Å². The zero-order valence-corrected chi connectivity index (χ0v) is 13.7. The summed E-state index contributed by atoms with van der Waals surface area (Å²) >= 11 is 0. The van der Waals surface area contributed by atoms with Gasteiger partial charge in [-0.2, -0.15) is 0 Å². The molecule has 1 aliphatic rings. The van der Waals surface area contributed by atoms with Crippen molar-refractivity contribution < 1.29 is 9.57 Å². The summed E-state index contributed by atoms with van der Waals surface area (Å²) in [5.41, 5.74) is 2.33. The van der Waals surface area contributed by atoms with Crippen LogP contribution in [0, 0.1) is 0 Å². The Balaban J connectivity index is 1.34. The number of hydrogen-bond donors (Lipinski definition) is 1. The van der Waals surface area contributed by atoms with Gasteiger partial charge < -0.3 is 10.1 Å². The van der Waals surface area contributed by atoms with Crippen LogP contribution in [0.5, 0.6) is 0 Å². The predicted molar refractivity (Wildman–Crippen MR) is 94.3 cm³/mol. The first-order valence-corrected chi connectivity index (χ1v) is 8.26. The average molecular weight is 325 g/mol. The van der Waals surface area contributed by atoms with E-state index in [0.29, 0.717) is 26.4 Å². The van der Waals surface area contributed by atoms with Crippen molar-refractivity contribution in [3.05, 3.63) is 71.8 Å². The molecular weight excluding hydrogens is 302 g/mol. The molecule has 5 heteroatoms. The highest BCUT2D eigenvalue weighted by Gasteiger charge is 2.17. The highest BCUT2D eigenvalue weighted by atomic mass is 16.7. The van der Waals surface area contributed by atoms with E-state index < -0.39 is 0 Å². The zero-order valence-electron chi connectivity index (χ0n) is 13.7. The Hall–Kier alpha value is -2.37. The molecule has 0 atom stereocenters.